The van der Waals surface area contributed by atoms with Gasteiger partial charge in [-0.05, 0) is 0 Å². The molecule has 0 aromatic carbocycles. The second-order valence-corrected chi connectivity index (χ2v) is 15.7. The minimum atomic E-state index is -1.45. The monoisotopic (exact) mass is 240 g/mol. The van der Waals surface area contributed by atoms with E-state index in [0.717, 1.165) is 5.66 Å². The van der Waals surface area contributed by atoms with Crippen molar-refractivity contribution in [1.82, 2.24) is 0 Å². The van der Waals surface area contributed by atoms with Crippen molar-refractivity contribution in [1.29, 1.82) is 0 Å². The standard InChI is InChI=1S/C9H22BrP/c1-6-11(10,7-2,8-3)9(4)5/h9H,6-8H2,1-5H3. The quantitative estimate of drug-likeness (QED) is 0.643. The summed E-state index contributed by atoms with van der Waals surface area (Å²) < 4.78 is 0. The molecule has 0 bridgehead atoms. The topological polar surface area (TPSA) is 0 Å². The maximum absolute atomic E-state index is 4.08. The van der Waals surface area contributed by atoms with Crippen LogP contribution in [0.25, 0.3) is 0 Å². The average Bonchev–Trinajstić information content (AvgIpc) is 2.03. The molecule has 2 heteroatoms. The minimum absolute atomic E-state index is 0.834. The Morgan fingerprint density at radius 1 is 1.00 bits per heavy atom. The van der Waals surface area contributed by atoms with Gasteiger partial charge in [-0.2, -0.15) is 0 Å². The SMILES string of the molecule is CCP(Br)(CC)(CC)C(C)C. The van der Waals surface area contributed by atoms with Gasteiger partial charge in [0.1, 0.15) is 0 Å². The molecule has 0 fully saturated rings. The van der Waals surface area contributed by atoms with Gasteiger partial charge in [0.05, 0.1) is 0 Å². The summed E-state index contributed by atoms with van der Waals surface area (Å²) in [7, 11) is 0. The maximum atomic E-state index is 4.08. The Kier molecular flexibility index (Phi) is 4.06. The fraction of sp³-hybridized carbons (Fsp3) is 1.00. The zero-order valence-electron chi connectivity index (χ0n) is 8.52. The van der Waals surface area contributed by atoms with Crippen molar-refractivity contribution in [2.75, 3.05) is 18.5 Å². The fourth-order valence-corrected chi connectivity index (χ4v) is 5.30. The molecule has 0 rings (SSSR count). The van der Waals surface area contributed by atoms with Gasteiger partial charge in [-0.1, -0.05) is 0 Å². The van der Waals surface area contributed by atoms with Crippen molar-refractivity contribution in [3.05, 3.63) is 0 Å². The summed E-state index contributed by atoms with van der Waals surface area (Å²) in [5.41, 5.74) is 0.834. The van der Waals surface area contributed by atoms with Gasteiger partial charge in [0.15, 0.2) is 0 Å². The van der Waals surface area contributed by atoms with Crippen LogP contribution >= 0.6 is 20.8 Å². The van der Waals surface area contributed by atoms with Gasteiger partial charge in [-0.3, -0.25) is 0 Å². The van der Waals surface area contributed by atoms with Crippen LogP contribution in [0.3, 0.4) is 0 Å². The molecule has 70 valence electrons. The fourth-order valence-electron chi connectivity index (χ4n) is 1.77. The molecule has 0 saturated heterocycles. The van der Waals surface area contributed by atoms with Crippen molar-refractivity contribution < 1.29 is 0 Å². The molecule has 0 aromatic heterocycles. The Morgan fingerprint density at radius 2 is 1.27 bits per heavy atom. The predicted octanol–water partition coefficient (Wildman–Crippen LogP) is 4.32. The van der Waals surface area contributed by atoms with Crippen LogP contribution in [0, 0.1) is 0 Å². The van der Waals surface area contributed by atoms with Crippen LogP contribution in [0.5, 0.6) is 0 Å². The third kappa shape index (κ3) is 1.98. The van der Waals surface area contributed by atoms with Crippen LogP contribution in [0.4, 0.5) is 0 Å². The molecule has 0 spiro atoms. The normalized spacial score (nSPS) is 16.5. The molecule has 0 aliphatic heterocycles. The first-order valence-electron chi connectivity index (χ1n) is 4.65. The summed E-state index contributed by atoms with van der Waals surface area (Å²) in [5, 5.41) is -1.45. The zero-order chi connectivity index (χ0) is 9.15. The van der Waals surface area contributed by atoms with Gasteiger partial charge in [0.25, 0.3) is 0 Å². The van der Waals surface area contributed by atoms with Gasteiger partial charge in [-0.15, -0.1) is 0 Å². The first-order chi connectivity index (χ1) is 4.93. The summed E-state index contributed by atoms with van der Waals surface area (Å²) >= 11 is 4.08. The van der Waals surface area contributed by atoms with Crippen LogP contribution in [0.1, 0.15) is 34.6 Å². The first kappa shape index (κ1) is 11.9. The summed E-state index contributed by atoms with van der Waals surface area (Å²) in [5.74, 6) is 0. The molecule has 0 aromatic rings. The third-order valence-corrected chi connectivity index (χ3v) is 17.6. The molecule has 0 aliphatic carbocycles. The van der Waals surface area contributed by atoms with Crippen LogP contribution in [-0.4, -0.2) is 24.1 Å². The summed E-state index contributed by atoms with van der Waals surface area (Å²) in [6.07, 6.45) is 4.03. The molecule has 0 saturated carbocycles. The van der Waals surface area contributed by atoms with Crippen LogP contribution in [0.15, 0.2) is 0 Å². The molecule has 0 nitrogen and oxygen atoms in total. The molecule has 0 aliphatic rings. The van der Waals surface area contributed by atoms with Gasteiger partial charge in [0.2, 0.25) is 0 Å². The summed E-state index contributed by atoms with van der Waals surface area (Å²) in [6.45, 7) is 11.7. The van der Waals surface area contributed by atoms with E-state index in [1.807, 2.05) is 0 Å². The number of hydrogen-bond acceptors (Lipinski definition) is 0. The third-order valence-electron chi connectivity index (χ3n) is 3.54. The van der Waals surface area contributed by atoms with E-state index >= 15 is 0 Å². The van der Waals surface area contributed by atoms with Crippen LogP contribution in [0.2, 0.25) is 0 Å². The Bertz CT molecular complexity index is 117. The molecular formula is C9H22BrP. The Balaban J connectivity index is 4.74. The van der Waals surface area contributed by atoms with E-state index in [1.165, 1.54) is 18.5 Å². The van der Waals surface area contributed by atoms with Crippen LogP contribution in [-0.2, 0) is 0 Å². The number of halogens is 1. The van der Waals surface area contributed by atoms with E-state index in [2.05, 4.69) is 50.1 Å². The molecule has 0 unspecified atom stereocenters. The van der Waals surface area contributed by atoms with Crippen molar-refractivity contribution in [2.24, 2.45) is 0 Å². The van der Waals surface area contributed by atoms with E-state index in [0.29, 0.717) is 0 Å². The van der Waals surface area contributed by atoms with Gasteiger partial charge in [-0.25, -0.2) is 0 Å². The Hall–Kier alpha value is 0.910. The van der Waals surface area contributed by atoms with Crippen molar-refractivity contribution in [3.8, 4) is 0 Å². The van der Waals surface area contributed by atoms with Crippen molar-refractivity contribution >= 4 is 20.8 Å². The number of hydrogen-bond donors (Lipinski definition) is 0. The van der Waals surface area contributed by atoms with E-state index in [1.54, 1.807) is 0 Å². The van der Waals surface area contributed by atoms with Crippen molar-refractivity contribution in [2.45, 2.75) is 40.3 Å². The second kappa shape index (κ2) is 3.75. The molecule has 11 heavy (non-hydrogen) atoms. The molecule has 0 radical (unpaired) electrons. The Morgan fingerprint density at radius 3 is 1.27 bits per heavy atom. The van der Waals surface area contributed by atoms with E-state index < -0.39 is 5.31 Å². The molecule has 0 heterocycles. The predicted molar refractivity (Wildman–Crippen MR) is 62.6 cm³/mol. The first-order valence-corrected chi connectivity index (χ1v) is 9.53. The molecule has 0 amide bonds. The van der Waals surface area contributed by atoms with E-state index in [9.17, 15) is 0 Å². The van der Waals surface area contributed by atoms with E-state index in [-0.39, 0.29) is 0 Å². The van der Waals surface area contributed by atoms with Crippen molar-refractivity contribution in [3.63, 3.8) is 0 Å². The molecular weight excluding hydrogens is 219 g/mol. The van der Waals surface area contributed by atoms with E-state index in [4.69, 9.17) is 0 Å². The second-order valence-electron chi connectivity index (χ2n) is 3.72. The average molecular weight is 241 g/mol. The van der Waals surface area contributed by atoms with Crippen LogP contribution < -0.4 is 0 Å². The Labute approximate surface area is 79.8 Å². The van der Waals surface area contributed by atoms with Gasteiger partial charge in [0, 0.05) is 0 Å². The summed E-state index contributed by atoms with van der Waals surface area (Å²) in [6, 6.07) is 0. The van der Waals surface area contributed by atoms with Gasteiger partial charge >= 0.3 is 79.6 Å². The molecule has 0 atom stereocenters. The zero-order valence-corrected chi connectivity index (χ0v) is 11.0. The molecule has 0 N–H and O–H groups in total. The summed E-state index contributed by atoms with van der Waals surface area (Å²) in [4.78, 5) is 0. The number of rotatable bonds is 4. The van der Waals surface area contributed by atoms with Gasteiger partial charge < -0.3 is 0 Å².